The van der Waals surface area contributed by atoms with Crippen LogP contribution < -0.4 is 5.32 Å². The molecule has 0 saturated heterocycles. The second kappa shape index (κ2) is 10.5. The fourth-order valence-corrected chi connectivity index (χ4v) is 3.82. The number of carbonyl (C=O) groups is 2. The van der Waals surface area contributed by atoms with Crippen LogP contribution >= 0.6 is 0 Å². The molecular formula is C25H36N4O2. The summed E-state index contributed by atoms with van der Waals surface area (Å²) in [6.45, 7) is 12.6. The van der Waals surface area contributed by atoms with Gasteiger partial charge in [-0.05, 0) is 29.4 Å². The van der Waals surface area contributed by atoms with E-state index in [-0.39, 0.29) is 23.1 Å². The molecule has 0 bridgehead atoms. The van der Waals surface area contributed by atoms with Crippen LogP contribution in [0.5, 0.6) is 0 Å². The second-order valence-corrected chi connectivity index (χ2v) is 9.86. The lowest BCUT2D eigenvalue weighted by atomic mass is 9.91. The number of amides is 2. The van der Waals surface area contributed by atoms with Crippen LogP contribution in [0.15, 0.2) is 30.5 Å². The molecule has 6 heteroatoms. The zero-order valence-electron chi connectivity index (χ0n) is 19.7. The second-order valence-electron chi connectivity index (χ2n) is 9.86. The summed E-state index contributed by atoms with van der Waals surface area (Å²) in [6, 6.07) is 8.85. The molecule has 0 spiro atoms. The summed E-state index contributed by atoms with van der Waals surface area (Å²) in [5.74, 6) is -0.0473. The van der Waals surface area contributed by atoms with Crippen LogP contribution in [0.4, 0.5) is 0 Å². The van der Waals surface area contributed by atoms with Gasteiger partial charge in [-0.2, -0.15) is 5.26 Å². The Bertz CT molecular complexity index is 933. The highest BCUT2D eigenvalue weighted by molar-refractivity contribution is 5.88. The summed E-state index contributed by atoms with van der Waals surface area (Å²) in [5, 5.41) is 13.6. The third-order valence-electron chi connectivity index (χ3n) is 5.20. The van der Waals surface area contributed by atoms with Gasteiger partial charge in [0.1, 0.15) is 12.1 Å². The molecule has 31 heavy (non-hydrogen) atoms. The molecule has 2 aromatic rings. The standard InChI is InChI=1S/C25H36N4O2/c1-7-22(29(16-17(2)3)23(30)13-25(4,5)6)24(31)28-19(14-26)12-18-15-27-21-11-9-8-10-20(18)21/h8-11,15,17,19,22,27H,7,12-13,16H2,1-6H3,(H,28,31)/t19-,22-/m0/s1. The monoisotopic (exact) mass is 424 g/mol. The van der Waals surface area contributed by atoms with Gasteiger partial charge in [-0.3, -0.25) is 9.59 Å². The Morgan fingerprint density at radius 2 is 1.90 bits per heavy atom. The van der Waals surface area contributed by atoms with Crippen molar-refractivity contribution in [2.45, 2.75) is 72.9 Å². The number of hydrogen-bond donors (Lipinski definition) is 2. The van der Waals surface area contributed by atoms with E-state index in [0.29, 0.717) is 25.8 Å². The predicted octanol–water partition coefficient (Wildman–Crippen LogP) is 4.42. The summed E-state index contributed by atoms with van der Waals surface area (Å²) in [4.78, 5) is 31.1. The summed E-state index contributed by atoms with van der Waals surface area (Å²) >= 11 is 0. The Balaban J connectivity index is 2.17. The number of rotatable bonds is 9. The number of hydrogen-bond acceptors (Lipinski definition) is 3. The van der Waals surface area contributed by atoms with Crippen LogP contribution in [0.1, 0.15) is 59.9 Å². The first-order valence-electron chi connectivity index (χ1n) is 11.1. The fourth-order valence-electron chi connectivity index (χ4n) is 3.82. The van der Waals surface area contributed by atoms with Gasteiger partial charge in [0.2, 0.25) is 11.8 Å². The predicted molar refractivity (Wildman–Crippen MR) is 124 cm³/mol. The molecule has 0 aliphatic carbocycles. The molecule has 0 unspecified atom stereocenters. The molecule has 2 amide bonds. The third-order valence-corrected chi connectivity index (χ3v) is 5.20. The smallest absolute Gasteiger partial charge is 0.243 e. The molecule has 6 nitrogen and oxygen atoms in total. The van der Waals surface area contributed by atoms with E-state index in [1.165, 1.54) is 0 Å². The quantitative estimate of drug-likeness (QED) is 0.624. The fraction of sp³-hybridized carbons (Fsp3) is 0.560. The maximum Gasteiger partial charge on any atom is 0.243 e. The van der Waals surface area contributed by atoms with E-state index in [4.69, 9.17) is 0 Å². The Kier molecular flexibility index (Phi) is 8.27. The van der Waals surface area contributed by atoms with E-state index in [1.807, 2.05) is 72.0 Å². The molecule has 1 heterocycles. The zero-order chi connectivity index (χ0) is 23.2. The van der Waals surface area contributed by atoms with Gasteiger partial charge in [-0.1, -0.05) is 59.7 Å². The van der Waals surface area contributed by atoms with Crippen LogP contribution in [0.3, 0.4) is 0 Å². The van der Waals surface area contributed by atoms with Gasteiger partial charge in [0.15, 0.2) is 0 Å². The van der Waals surface area contributed by atoms with Crippen LogP contribution in [0.25, 0.3) is 10.9 Å². The lowest BCUT2D eigenvalue weighted by Gasteiger charge is -2.34. The molecule has 2 atom stereocenters. The van der Waals surface area contributed by atoms with E-state index < -0.39 is 12.1 Å². The van der Waals surface area contributed by atoms with Crippen molar-refractivity contribution in [1.82, 2.24) is 15.2 Å². The Morgan fingerprint density at radius 1 is 1.23 bits per heavy atom. The minimum atomic E-state index is -0.667. The van der Waals surface area contributed by atoms with Crippen molar-refractivity contribution in [3.8, 4) is 6.07 Å². The van der Waals surface area contributed by atoms with Crippen molar-refractivity contribution in [3.63, 3.8) is 0 Å². The molecule has 0 fully saturated rings. The first-order chi connectivity index (χ1) is 14.6. The van der Waals surface area contributed by atoms with Crippen molar-refractivity contribution in [2.24, 2.45) is 11.3 Å². The number of carbonyl (C=O) groups excluding carboxylic acids is 2. The highest BCUT2D eigenvalue weighted by Crippen LogP contribution is 2.23. The molecule has 0 aliphatic heterocycles. The van der Waals surface area contributed by atoms with Gasteiger partial charge < -0.3 is 15.2 Å². The van der Waals surface area contributed by atoms with E-state index in [1.54, 1.807) is 4.90 Å². The minimum absolute atomic E-state index is 0.0201. The van der Waals surface area contributed by atoms with Gasteiger partial charge in [0, 0.05) is 36.5 Å². The van der Waals surface area contributed by atoms with Gasteiger partial charge >= 0.3 is 0 Å². The number of fused-ring (bicyclic) bond motifs is 1. The lowest BCUT2D eigenvalue weighted by Crippen LogP contribution is -2.53. The molecule has 0 radical (unpaired) electrons. The average Bonchev–Trinajstić information content (AvgIpc) is 3.08. The number of H-pyrrole nitrogens is 1. The summed E-state index contributed by atoms with van der Waals surface area (Å²) in [5.41, 5.74) is 1.83. The van der Waals surface area contributed by atoms with Gasteiger partial charge in [-0.25, -0.2) is 0 Å². The van der Waals surface area contributed by atoms with Gasteiger partial charge in [0.25, 0.3) is 0 Å². The maximum absolute atomic E-state index is 13.2. The van der Waals surface area contributed by atoms with Crippen LogP contribution in [0, 0.1) is 22.7 Å². The van der Waals surface area contributed by atoms with Gasteiger partial charge in [-0.15, -0.1) is 0 Å². The summed E-state index contributed by atoms with van der Waals surface area (Å²) < 4.78 is 0. The first kappa shape index (κ1) is 24.5. The number of para-hydroxylation sites is 1. The van der Waals surface area contributed by atoms with Crippen molar-refractivity contribution in [1.29, 1.82) is 5.26 Å². The highest BCUT2D eigenvalue weighted by atomic mass is 16.2. The minimum Gasteiger partial charge on any atom is -0.361 e. The molecular weight excluding hydrogens is 388 g/mol. The van der Waals surface area contributed by atoms with E-state index in [0.717, 1.165) is 16.5 Å². The topological polar surface area (TPSA) is 89.0 Å². The number of nitrogens with one attached hydrogen (secondary N) is 2. The van der Waals surface area contributed by atoms with Crippen LogP contribution in [-0.4, -0.2) is 40.3 Å². The lowest BCUT2D eigenvalue weighted by molar-refractivity contribution is -0.142. The van der Waals surface area contributed by atoms with Crippen molar-refractivity contribution in [2.75, 3.05) is 6.54 Å². The largest absolute Gasteiger partial charge is 0.361 e. The van der Waals surface area contributed by atoms with Crippen molar-refractivity contribution in [3.05, 3.63) is 36.0 Å². The summed E-state index contributed by atoms with van der Waals surface area (Å²) in [7, 11) is 0. The molecule has 0 aliphatic rings. The number of aromatic amines is 1. The highest BCUT2D eigenvalue weighted by Gasteiger charge is 2.32. The number of nitrogens with zero attached hydrogens (tertiary/aromatic N) is 2. The van der Waals surface area contributed by atoms with Crippen molar-refractivity contribution >= 4 is 22.7 Å². The summed E-state index contributed by atoms with van der Waals surface area (Å²) in [6.07, 6.45) is 3.17. The molecule has 0 saturated carbocycles. The SMILES string of the molecule is CC[C@@H](C(=O)N[C@H](C#N)Cc1c[nH]c2ccccc12)N(CC(C)C)C(=O)CC(C)(C)C. The van der Waals surface area contributed by atoms with Gasteiger partial charge in [0.05, 0.1) is 6.07 Å². The normalized spacial score (nSPS) is 13.6. The van der Waals surface area contributed by atoms with E-state index in [2.05, 4.69) is 16.4 Å². The van der Waals surface area contributed by atoms with Crippen LogP contribution in [0.2, 0.25) is 0 Å². The Hall–Kier alpha value is -2.81. The molecule has 2 rings (SSSR count). The van der Waals surface area contributed by atoms with Crippen molar-refractivity contribution < 1.29 is 9.59 Å². The molecule has 2 N–H and O–H groups in total. The maximum atomic E-state index is 13.2. The third kappa shape index (κ3) is 6.85. The Labute approximate surface area is 186 Å². The number of aromatic nitrogens is 1. The number of nitriles is 1. The first-order valence-corrected chi connectivity index (χ1v) is 11.1. The molecule has 1 aromatic heterocycles. The zero-order valence-corrected chi connectivity index (χ0v) is 19.7. The number of benzene rings is 1. The van der Waals surface area contributed by atoms with E-state index >= 15 is 0 Å². The Morgan fingerprint density at radius 3 is 2.48 bits per heavy atom. The van der Waals surface area contributed by atoms with E-state index in [9.17, 15) is 14.9 Å². The average molecular weight is 425 g/mol. The molecule has 1 aromatic carbocycles. The molecule has 168 valence electrons. The van der Waals surface area contributed by atoms with Crippen LogP contribution in [-0.2, 0) is 16.0 Å².